The number of nitrogens with two attached hydrogens (primary N) is 2. The predicted octanol–water partition coefficient (Wildman–Crippen LogP) is -1.69. The third-order valence-corrected chi connectivity index (χ3v) is 0.501. The van der Waals surface area contributed by atoms with Gasteiger partial charge in [0.05, 0.1) is 6.42 Å². The van der Waals surface area contributed by atoms with Crippen LogP contribution in [0, 0.1) is 0 Å². The van der Waals surface area contributed by atoms with Gasteiger partial charge in [0.25, 0.3) is 0 Å². The van der Waals surface area contributed by atoms with Gasteiger partial charge in [0.2, 0.25) is 0 Å². The fraction of sp³-hybridized carbons (Fsp3) is 0.333. The van der Waals surface area contributed by atoms with E-state index < -0.39 is 0 Å². The third kappa shape index (κ3) is 3.10. The molecule has 0 aromatic carbocycles. The molecule has 0 heterocycles. The molecule has 0 aromatic rings. The summed E-state index contributed by atoms with van der Waals surface area (Å²) in [5.74, 6) is 4.91. The lowest BCUT2D eigenvalue weighted by Crippen LogP contribution is -2.22. The number of hydrazine groups is 1. The van der Waals surface area contributed by atoms with E-state index in [9.17, 15) is 4.79 Å². The number of nitrogens with zero attached hydrogens (tertiary/aromatic N) is 1. The van der Waals surface area contributed by atoms with Gasteiger partial charge in [-0.15, -0.1) is 0 Å². The number of carbonyl (C=O) groups excluding carboxylic acids is 1. The lowest BCUT2D eigenvalue weighted by Gasteiger charge is -1.89. The topological polar surface area (TPSA) is 93.5 Å². The molecular weight excluding hydrogens is 108 g/mol. The van der Waals surface area contributed by atoms with Gasteiger partial charge in [-0.3, -0.25) is 0 Å². The second kappa shape index (κ2) is 4.07. The van der Waals surface area contributed by atoms with Crippen LogP contribution in [0.25, 0.3) is 0 Å². The summed E-state index contributed by atoms with van der Waals surface area (Å²) in [5, 5.41) is 3.31. The molecule has 0 spiro atoms. The number of hydrogen-bond donors (Lipinski definition) is 3. The van der Waals surface area contributed by atoms with E-state index >= 15 is 0 Å². The minimum absolute atomic E-state index is 0.115. The van der Waals surface area contributed by atoms with Crippen molar-refractivity contribution >= 4 is 12.1 Å². The van der Waals surface area contributed by atoms with Crippen LogP contribution in [0.5, 0.6) is 0 Å². The van der Waals surface area contributed by atoms with E-state index in [1.165, 1.54) is 0 Å². The maximum Gasteiger partial charge on any atom is 0.128 e. The van der Waals surface area contributed by atoms with Crippen LogP contribution < -0.4 is 17.1 Å². The van der Waals surface area contributed by atoms with Crippen LogP contribution in [0.2, 0.25) is 0 Å². The zero-order valence-electron chi connectivity index (χ0n) is 4.29. The molecule has 0 unspecified atom stereocenters. The number of hydrazone groups is 1. The van der Waals surface area contributed by atoms with Gasteiger partial charge in [-0.05, 0) is 0 Å². The van der Waals surface area contributed by atoms with Crippen molar-refractivity contribution in [2.45, 2.75) is 6.42 Å². The first-order valence-corrected chi connectivity index (χ1v) is 2.02. The fourth-order valence-corrected chi connectivity index (χ4v) is 0.214. The molecule has 5 nitrogen and oxygen atoms in total. The Morgan fingerprint density at radius 1 is 1.88 bits per heavy atom. The minimum atomic E-state index is 0.115. The highest BCUT2D eigenvalue weighted by Crippen LogP contribution is 1.67. The summed E-state index contributed by atoms with van der Waals surface area (Å²) in [4.78, 5) is 9.66. The van der Waals surface area contributed by atoms with E-state index in [0.717, 1.165) is 0 Å². The summed E-state index contributed by atoms with van der Waals surface area (Å²) < 4.78 is 0. The molecule has 0 saturated carbocycles. The fourth-order valence-electron chi connectivity index (χ4n) is 0.214. The molecular formula is C3H8N4O. The van der Waals surface area contributed by atoms with E-state index in [1.807, 2.05) is 5.53 Å². The molecule has 0 atom stereocenters. The maximum absolute atomic E-state index is 9.66. The van der Waals surface area contributed by atoms with Crippen LogP contribution in [0.3, 0.4) is 0 Å². The quantitative estimate of drug-likeness (QED) is 0.135. The van der Waals surface area contributed by atoms with Crippen molar-refractivity contribution in [3.63, 3.8) is 0 Å². The summed E-state index contributed by atoms with van der Waals surface area (Å²) in [6.45, 7) is 0. The SMILES string of the molecule is NN/N=C(\N)CC=O. The van der Waals surface area contributed by atoms with Crippen LogP contribution in [-0.2, 0) is 4.79 Å². The molecule has 0 fully saturated rings. The molecule has 46 valence electrons. The molecule has 8 heavy (non-hydrogen) atoms. The molecule has 0 aromatic heterocycles. The number of amidine groups is 1. The minimum Gasteiger partial charge on any atom is -0.385 e. The van der Waals surface area contributed by atoms with Gasteiger partial charge >= 0.3 is 0 Å². The van der Waals surface area contributed by atoms with E-state index in [-0.39, 0.29) is 12.3 Å². The summed E-state index contributed by atoms with van der Waals surface area (Å²) in [7, 11) is 0. The molecule has 0 aliphatic carbocycles. The molecule has 0 aliphatic heterocycles. The summed E-state index contributed by atoms with van der Waals surface area (Å²) in [6, 6.07) is 0. The molecule has 0 saturated heterocycles. The first-order chi connectivity index (χ1) is 3.81. The van der Waals surface area contributed by atoms with Gasteiger partial charge < -0.3 is 10.5 Å². The smallest absolute Gasteiger partial charge is 0.128 e. The normalized spacial score (nSPS) is 10.9. The van der Waals surface area contributed by atoms with Gasteiger partial charge in [-0.25, -0.2) is 11.4 Å². The van der Waals surface area contributed by atoms with Gasteiger partial charge in [-0.1, -0.05) is 0 Å². The largest absolute Gasteiger partial charge is 0.385 e. The Balaban J connectivity index is 3.44. The third-order valence-electron chi connectivity index (χ3n) is 0.501. The zero-order valence-corrected chi connectivity index (χ0v) is 4.29. The van der Waals surface area contributed by atoms with Crippen LogP contribution in [0.4, 0.5) is 0 Å². The van der Waals surface area contributed by atoms with Crippen LogP contribution in [0.15, 0.2) is 5.10 Å². The van der Waals surface area contributed by atoms with Gasteiger partial charge in [0.1, 0.15) is 12.1 Å². The molecule has 5 heteroatoms. The highest BCUT2D eigenvalue weighted by atomic mass is 16.1. The van der Waals surface area contributed by atoms with Crippen LogP contribution in [0.1, 0.15) is 6.42 Å². The lowest BCUT2D eigenvalue weighted by atomic mass is 10.4. The molecule has 0 bridgehead atoms. The number of hydrogen-bond acceptors (Lipinski definition) is 4. The highest BCUT2D eigenvalue weighted by Gasteiger charge is 1.85. The van der Waals surface area contributed by atoms with Crippen LogP contribution in [-0.4, -0.2) is 12.1 Å². The first-order valence-electron chi connectivity index (χ1n) is 2.02. The average Bonchev–Trinajstić information content (AvgIpc) is 1.68. The zero-order chi connectivity index (χ0) is 6.41. The molecule has 0 rings (SSSR count). The Hall–Kier alpha value is -1.10. The van der Waals surface area contributed by atoms with Crippen molar-refractivity contribution in [1.82, 2.24) is 5.53 Å². The Bertz CT molecular complexity index is 99.5. The lowest BCUT2D eigenvalue weighted by molar-refractivity contribution is -0.106. The van der Waals surface area contributed by atoms with Crippen molar-refractivity contribution in [1.29, 1.82) is 0 Å². The Morgan fingerprint density at radius 3 is 2.88 bits per heavy atom. The maximum atomic E-state index is 9.66. The number of rotatable bonds is 3. The number of aldehydes is 1. The molecule has 0 radical (unpaired) electrons. The van der Waals surface area contributed by atoms with Crippen molar-refractivity contribution in [2.75, 3.05) is 0 Å². The van der Waals surface area contributed by atoms with Gasteiger partial charge in [-0.2, -0.15) is 5.10 Å². The summed E-state index contributed by atoms with van der Waals surface area (Å²) in [6.07, 6.45) is 0.764. The van der Waals surface area contributed by atoms with Crippen molar-refractivity contribution in [3.05, 3.63) is 0 Å². The van der Waals surface area contributed by atoms with Gasteiger partial charge in [0, 0.05) is 0 Å². The van der Waals surface area contributed by atoms with Crippen molar-refractivity contribution < 1.29 is 4.79 Å². The standard InChI is InChI=1S/C3H8N4O/c4-3(1-2-8)6-7-5/h2,7H,1,5H2,(H2,4,6). The Morgan fingerprint density at radius 2 is 2.50 bits per heavy atom. The average molecular weight is 116 g/mol. The summed E-state index contributed by atoms with van der Waals surface area (Å²) >= 11 is 0. The van der Waals surface area contributed by atoms with Crippen molar-refractivity contribution in [2.24, 2.45) is 16.7 Å². The van der Waals surface area contributed by atoms with E-state index in [1.54, 1.807) is 0 Å². The van der Waals surface area contributed by atoms with Crippen LogP contribution >= 0.6 is 0 Å². The number of carbonyl (C=O) groups is 1. The second-order valence-corrected chi connectivity index (χ2v) is 1.10. The summed E-state index contributed by atoms with van der Waals surface area (Å²) in [5.41, 5.74) is 7.03. The van der Waals surface area contributed by atoms with Crippen molar-refractivity contribution in [3.8, 4) is 0 Å². The highest BCUT2D eigenvalue weighted by molar-refractivity contribution is 5.90. The predicted molar refractivity (Wildman–Crippen MR) is 29.6 cm³/mol. The number of nitrogens with one attached hydrogen (secondary N) is 1. The van der Waals surface area contributed by atoms with E-state index in [2.05, 4.69) is 5.10 Å². The van der Waals surface area contributed by atoms with Gasteiger partial charge in [0.15, 0.2) is 0 Å². The Kier molecular flexibility index (Phi) is 3.51. The molecule has 0 aliphatic rings. The second-order valence-electron chi connectivity index (χ2n) is 1.10. The first kappa shape index (κ1) is 6.90. The van der Waals surface area contributed by atoms with E-state index in [4.69, 9.17) is 11.6 Å². The Labute approximate surface area is 46.7 Å². The van der Waals surface area contributed by atoms with E-state index in [0.29, 0.717) is 6.29 Å². The molecule has 0 amide bonds. The monoisotopic (exact) mass is 116 g/mol. The molecule has 5 N–H and O–H groups in total.